The van der Waals surface area contributed by atoms with Gasteiger partial charge < -0.3 is 4.74 Å². The molecule has 0 heterocycles. The smallest absolute Gasteiger partial charge is 0.247 e. The zero-order valence-electron chi connectivity index (χ0n) is 5.99. The highest BCUT2D eigenvalue weighted by molar-refractivity contribution is 6.63. The molecule has 0 aromatic carbocycles. The summed E-state index contributed by atoms with van der Waals surface area (Å²) in [5.41, 5.74) is 0. The van der Waals surface area contributed by atoms with E-state index in [1.807, 2.05) is 0 Å². The lowest BCUT2D eigenvalue weighted by atomic mass is 10.8. The van der Waals surface area contributed by atoms with Gasteiger partial charge in [-0.25, -0.2) is 0 Å². The summed E-state index contributed by atoms with van der Waals surface area (Å²) in [7, 11) is 0. The van der Waals surface area contributed by atoms with Gasteiger partial charge in [-0.2, -0.15) is 0 Å². The van der Waals surface area contributed by atoms with Crippen LogP contribution >= 0.6 is 23.2 Å². The third-order valence-corrected chi connectivity index (χ3v) is 0.563. The first-order valence-corrected chi connectivity index (χ1v) is 2.82. The predicted molar refractivity (Wildman–Crippen MR) is 32.4 cm³/mol. The highest BCUT2D eigenvalue weighted by atomic mass is 35.5. The van der Waals surface area contributed by atoms with Gasteiger partial charge >= 0.3 is 0 Å². The van der Waals surface area contributed by atoms with Crippen LogP contribution < -0.4 is 0 Å². The number of alkyl halides is 1. The Labute approximate surface area is 60.5 Å². The van der Waals surface area contributed by atoms with Crippen LogP contribution in [0.4, 0.5) is 0 Å². The van der Waals surface area contributed by atoms with Gasteiger partial charge in [-0.3, -0.25) is 4.79 Å². The van der Waals surface area contributed by atoms with Crippen molar-refractivity contribution < 1.29 is 12.3 Å². The zero-order valence-corrected chi connectivity index (χ0v) is 5.50. The van der Waals surface area contributed by atoms with Crippen molar-refractivity contribution in [2.24, 2.45) is 0 Å². The van der Waals surface area contributed by atoms with Gasteiger partial charge in [0.25, 0.3) is 0 Å². The van der Waals surface area contributed by atoms with Crippen molar-refractivity contribution in [3.63, 3.8) is 0 Å². The Morgan fingerprint density at radius 1 is 1.88 bits per heavy atom. The molecular formula is C4H6Cl2O2. The molecule has 0 aromatic heterocycles. The summed E-state index contributed by atoms with van der Waals surface area (Å²) in [6.45, 7) is -2.44. The van der Waals surface area contributed by atoms with E-state index in [0.717, 1.165) is 0 Å². The molecule has 48 valence electrons. The van der Waals surface area contributed by atoms with E-state index in [9.17, 15) is 4.79 Å². The van der Waals surface area contributed by atoms with E-state index in [0.29, 0.717) is 0 Å². The average molecular weight is 159 g/mol. The summed E-state index contributed by atoms with van der Waals surface area (Å²) in [6.07, 6.45) is 0. The second kappa shape index (κ2) is 5.35. The number of carbonyl (C=O) groups excluding carboxylic acids is 1. The molecule has 0 saturated carbocycles. The minimum absolute atomic E-state index is 0.0347. The number of ether oxygens (including phenoxy) is 1. The van der Waals surface area contributed by atoms with Crippen LogP contribution in [0.25, 0.3) is 0 Å². The molecule has 0 spiro atoms. The van der Waals surface area contributed by atoms with Gasteiger partial charge in [-0.05, 0) is 11.6 Å². The fourth-order valence-electron chi connectivity index (χ4n) is 0.146. The first-order chi connectivity index (χ1) is 4.50. The zero-order chi connectivity index (χ0) is 8.20. The van der Waals surface area contributed by atoms with Gasteiger partial charge in [0.15, 0.2) is 0 Å². The molecule has 0 fully saturated rings. The van der Waals surface area contributed by atoms with Crippen molar-refractivity contribution in [1.82, 2.24) is 0 Å². The molecule has 0 aromatic rings. The first kappa shape index (κ1) is 5.03. The van der Waals surface area contributed by atoms with Gasteiger partial charge in [0, 0.05) is 5.88 Å². The molecule has 0 rings (SSSR count). The molecule has 0 N–H and O–H groups in total. The standard InChI is InChI=1S/C4H6Cl2O2/c5-1-2-8-3-4(6)7/h1-3H2/i3D2. The predicted octanol–water partition coefficient (Wildman–Crippen LogP) is 1.01. The van der Waals surface area contributed by atoms with E-state index >= 15 is 0 Å². The molecule has 0 atom stereocenters. The Morgan fingerprint density at radius 2 is 2.50 bits per heavy atom. The van der Waals surface area contributed by atoms with E-state index in [4.69, 9.17) is 25.9 Å². The van der Waals surface area contributed by atoms with Crippen LogP contribution in [0.2, 0.25) is 0 Å². The Hall–Kier alpha value is 0.210. The normalized spacial score (nSPS) is 14.8. The third kappa shape index (κ3) is 6.21. The summed E-state index contributed by atoms with van der Waals surface area (Å²) in [5, 5.41) is -1.17. The lowest BCUT2D eigenvalue weighted by Crippen LogP contribution is -2.03. The number of rotatable bonds is 4. The van der Waals surface area contributed by atoms with Crippen molar-refractivity contribution in [1.29, 1.82) is 0 Å². The van der Waals surface area contributed by atoms with Gasteiger partial charge in [-0.15, -0.1) is 11.6 Å². The van der Waals surface area contributed by atoms with Crippen molar-refractivity contribution in [3.8, 4) is 0 Å². The molecule has 2 nitrogen and oxygen atoms in total. The van der Waals surface area contributed by atoms with Crippen LogP contribution in [0.15, 0.2) is 0 Å². The van der Waals surface area contributed by atoms with E-state index in [1.54, 1.807) is 0 Å². The highest BCUT2D eigenvalue weighted by Gasteiger charge is 1.92. The monoisotopic (exact) mass is 158 g/mol. The highest BCUT2D eigenvalue weighted by Crippen LogP contribution is 1.83. The third-order valence-electron chi connectivity index (χ3n) is 0.332. The van der Waals surface area contributed by atoms with Crippen molar-refractivity contribution in [3.05, 3.63) is 0 Å². The SMILES string of the molecule is [2H]C([2H])(OCCCl)C(=O)Cl. The van der Waals surface area contributed by atoms with Crippen molar-refractivity contribution >= 4 is 28.4 Å². The van der Waals surface area contributed by atoms with Crippen molar-refractivity contribution in [2.45, 2.75) is 0 Å². The fraction of sp³-hybridized carbons (Fsp3) is 0.750. The molecule has 0 unspecified atom stereocenters. The summed E-state index contributed by atoms with van der Waals surface area (Å²) in [5.74, 6) is 0.129. The van der Waals surface area contributed by atoms with Crippen LogP contribution in [0, 0.1) is 0 Å². The second-order valence-corrected chi connectivity index (χ2v) is 1.63. The minimum Gasteiger partial charge on any atom is -0.371 e. The second-order valence-electron chi connectivity index (χ2n) is 0.913. The number of carbonyl (C=O) groups is 1. The van der Waals surface area contributed by atoms with E-state index in [2.05, 4.69) is 4.74 Å². The first-order valence-electron chi connectivity index (χ1n) is 2.90. The number of hydrogen-bond donors (Lipinski definition) is 0. The summed E-state index contributed by atoms with van der Waals surface area (Å²) in [4.78, 5) is 10.2. The molecule has 4 heteroatoms. The van der Waals surface area contributed by atoms with Crippen LogP contribution in [0.3, 0.4) is 0 Å². The largest absolute Gasteiger partial charge is 0.371 e. The van der Waals surface area contributed by atoms with Crippen LogP contribution in [0.5, 0.6) is 0 Å². The molecule has 0 aliphatic heterocycles. The molecule has 8 heavy (non-hydrogen) atoms. The van der Waals surface area contributed by atoms with Crippen LogP contribution in [-0.4, -0.2) is 24.3 Å². The van der Waals surface area contributed by atoms with Crippen molar-refractivity contribution in [2.75, 3.05) is 19.0 Å². The van der Waals surface area contributed by atoms with Crippen LogP contribution in [0.1, 0.15) is 2.74 Å². The lowest BCUT2D eigenvalue weighted by molar-refractivity contribution is -0.115. The average Bonchev–Trinajstić information content (AvgIpc) is 1.84. The summed E-state index contributed by atoms with van der Waals surface area (Å²) >= 11 is 9.99. The molecule has 0 amide bonds. The molecule has 0 radical (unpaired) electrons. The van der Waals surface area contributed by atoms with Gasteiger partial charge in [-0.1, -0.05) is 0 Å². The molecule has 0 bridgehead atoms. The summed E-state index contributed by atoms with van der Waals surface area (Å²) in [6, 6.07) is 0. The Bertz CT molecular complexity index is 128. The topological polar surface area (TPSA) is 26.3 Å². The maximum absolute atomic E-state index is 10.2. The minimum atomic E-state index is -2.41. The maximum Gasteiger partial charge on any atom is 0.247 e. The molecule has 0 aliphatic rings. The van der Waals surface area contributed by atoms with Gasteiger partial charge in [0.1, 0.15) is 6.56 Å². The summed E-state index contributed by atoms with van der Waals surface area (Å²) < 4.78 is 17.9. The van der Waals surface area contributed by atoms with E-state index in [1.165, 1.54) is 0 Å². The fourth-order valence-corrected chi connectivity index (χ4v) is 0.278. The maximum atomic E-state index is 10.2. The number of halogens is 2. The lowest BCUT2D eigenvalue weighted by Gasteiger charge is -1.92. The Kier molecular flexibility index (Phi) is 3.36. The Morgan fingerprint density at radius 3 is 2.88 bits per heavy atom. The molecule has 0 aliphatic carbocycles. The molecule has 0 saturated heterocycles. The number of hydrogen-bond acceptors (Lipinski definition) is 2. The van der Waals surface area contributed by atoms with Gasteiger partial charge in [0.05, 0.1) is 9.35 Å². The van der Waals surface area contributed by atoms with Gasteiger partial charge in [0.2, 0.25) is 5.24 Å². The van der Waals surface area contributed by atoms with E-state index < -0.39 is 11.8 Å². The Balaban J connectivity index is 3.75. The molecular weight excluding hydrogens is 151 g/mol. The van der Waals surface area contributed by atoms with Crippen LogP contribution in [-0.2, 0) is 9.53 Å². The van der Waals surface area contributed by atoms with E-state index in [-0.39, 0.29) is 12.5 Å². The quantitative estimate of drug-likeness (QED) is 0.451.